The second-order valence-corrected chi connectivity index (χ2v) is 20.0. The summed E-state index contributed by atoms with van der Waals surface area (Å²) in [6.07, 6.45) is 8.61. The number of fused-ring (bicyclic) bond motifs is 6. The van der Waals surface area contributed by atoms with E-state index in [-0.39, 0.29) is 60.9 Å². The average molecular weight is 761 g/mol. The molecular weight excluding hydrogens is 737 g/mol. The Balaban J connectivity index is 1.22. The van der Waals surface area contributed by atoms with Gasteiger partial charge in [-0.25, -0.2) is 17.6 Å². The maximum atomic E-state index is 14.5. The number of halogens is 4. The fourth-order valence-electron chi connectivity index (χ4n) is 8.44. The van der Waals surface area contributed by atoms with E-state index in [2.05, 4.69) is 17.1 Å². The monoisotopic (exact) mass is 760 g/mol. The molecule has 0 amide bonds. The van der Waals surface area contributed by atoms with E-state index >= 15 is 0 Å². The molecule has 1 atom stereocenters. The van der Waals surface area contributed by atoms with Crippen LogP contribution in [0.25, 0.3) is 22.1 Å². The normalized spacial score (nSPS) is 22.0. The van der Waals surface area contributed by atoms with Crippen molar-refractivity contribution >= 4 is 76.3 Å². The molecule has 1 unspecified atom stereocenters. The third kappa shape index (κ3) is 5.20. The average Bonchev–Trinajstić information content (AvgIpc) is 3.93. The van der Waals surface area contributed by atoms with Crippen LogP contribution in [0.3, 0.4) is 0 Å². The first-order valence-electron chi connectivity index (χ1n) is 16.7. The van der Waals surface area contributed by atoms with Crippen LogP contribution < -0.4 is 5.19 Å². The zero-order chi connectivity index (χ0) is 37.3. The van der Waals surface area contributed by atoms with Crippen molar-refractivity contribution in [1.82, 2.24) is 0 Å². The summed E-state index contributed by atoms with van der Waals surface area (Å²) in [5, 5.41) is 31.9. The van der Waals surface area contributed by atoms with Gasteiger partial charge in [0.2, 0.25) is 0 Å². The van der Waals surface area contributed by atoms with Gasteiger partial charge in [0.25, 0.3) is 0 Å². The smallest absolute Gasteiger partial charge is 0.194 e. The minimum absolute atomic E-state index is 0.0000319. The van der Waals surface area contributed by atoms with Crippen molar-refractivity contribution in [2.24, 2.45) is 4.99 Å². The molecule has 3 aliphatic heterocycles. The molecule has 1 fully saturated rings. The lowest BCUT2D eigenvalue weighted by Gasteiger charge is -2.34. The molecule has 3 aromatic rings. The number of ketones is 2. The Labute approximate surface area is 310 Å². The first kappa shape index (κ1) is 34.7. The van der Waals surface area contributed by atoms with Gasteiger partial charge in [-0.05, 0) is 71.2 Å². The second kappa shape index (κ2) is 12.9. The highest BCUT2D eigenvalue weighted by molar-refractivity contribution is 8.09. The molecule has 1 aromatic heterocycles. The van der Waals surface area contributed by atoms with Gasteiger partial charge in [0, 0.05) is 66.6 Å². The fourth-order valence-corrected chi connectivity index (χ4v) is 18.4. The molecule has 8 rings (SSSR count). The van der Waals surface area contributed by atoms with Crippen LogP contribution in [-0.2, 0) is 0 Å². The fraction of sp³-hybridized carbons (Fsp3) is 0.200. The summed E-state index contributed by atoms with van der Waals surface area (Å²) in [6, 6.07) is 13.3. The summed E-state index contributed by atoms with van der Waals surface area (Å²) in [5.74, 6) is -5.77. The number of hydrogen-bond donors (Lipinski definition) is 0. The van der Waals surface area contributed by atoms with Gasteiger partial charge < -0.3 is 0 Å². The molecule has 0 radical (unpaired) electrons. The molecule has 1 saturated heterocycles. The number of Topliss-reactive ketones (excluding diaryl/α,β-unsaturated/α-hetero) is 2. The molecule has 2 aliphatic carbocycles. The lowest BCUT2D eigenvalue weighted by molar-refractivity contribution is 0.103. The van der Waals surface area contributed by atoms with Gasteiger partial charge in [-0.1, -0.05) is 30.5 Å². The third-order valence-corrected chi connectivity index (χ3v) is 19.0. The Morgan fingerprint density at radius 3 is 1.98 bits per heavy atom. The molecule has 0 saturated carbocycles. The Hall–Kier alpha value is -5.39. The largest absolute Gasteiger partial charge is 0.295 e. The topological polar surface area (TPSA) is 118 Å². The Kier molecular flexibility index (Phi) is 8.46. The number of carbonyl (C=O) groups excluding carboxylic acids is 2. The highest BCUT2D eigenvalue weighted by Gasteiger charge is 2.52. The standard InChI is InChI=1S/C40H24F4N4O2S2Si/c1-48-18-20(17-47)36-24-12-30(42)32(44)14-26(24)38(50)28(36)8-22-10-34-40(52-22)39-33(53(34)5-3-2-4-6-53)9-21(51-39)7-27-35(19(15-45)16-46)23-11-29(41)31(43)13-25(23)37(27)49/h7-9,11-14,18,22H,2-6,10H2,1H3/b27-7-,28-8-,36-20-,48-18-. The molecule has 6 nitrogen and oxygen atoms in total. The number of hydrogen-bond acceptors (Lipinski definition) is 8. The van der Waals surface area contributed by atoms with Crippen LogP contribution in [0, 0.1) is 57.3 Å². The van der Waals surface area contributed by atoms with E-state index in [0.29, 0.717) is 11.3 Å². The number of nitrogens with zero attached hydrogens (tertiary/aromatic N) is 4. The number of aliphatic imine (C=N–C) groups is 1. The minimum atomic E-state index is -2.26. The van der Waals surface area contributed by atoms with E-state index in [1.54, 1.807) is 30.0 Å². The van der Waals surface area contributed by atoms with Crippen LogP contribution in [0.2, 0.25) is 12.1 Å². The molecule has 13 heteroatoms. The molecule has 0 N–H and O–H groups in total. The van der Waals surface area contributed by atoms with E-state index < -0.39 is 42.9 Å². The minimum Gasteiger partial charge on any atom is -0.295 e. The quantitative estimate of drug-likeness (QED) is 0.0866. The van der Waals surface area contributed by atoms with Crippen molar-refractivity contribution in [2.45, 2.75) is 43.0 Å². The molecule has 4 heterocycles. The SMILES string of the molecule is C\N=C/C(C#N)=C1\C(=C\C2CC3=C(S2)c2sc(/C=C4\C(=O)c5cc(F)c(F)cc5C4=C(C#N)C#N)cc2[Si]32CCCCC2)C(=O)c2cc(F)c(F)cc21. The highest BCUT2D eigenvalue weighted by Crippen LogP contribution is 2.58. The summed E-state index contributed by atoms with van der Waals surface area (Å²) in [4.78, 5) is 34.3. The Bertz CT molecular complexity index is 2570. The van der Waals surface area contributed by atoms with Crippen molar-refractivity contribution in [3.8, 4) is 18.2 Å². The van der Waals surface area contributed by atoms with E-state index in [1.165, 1.54) is 35.0 Å². The van der Waals surface area contributed by atoms with Crippen molar-refractivity contribution in [2.75, 3.05) is 7.05 Å². The van der Waals surface area contributed by atoms with E-state index in [9.17, 15) is 42.9 Å². The lowest BCUT2D eigenvalue weighted by atomic mass is 9.98. The molecule has 2 aromatic carbocycles. The first-order chi connectivity index (χ1) is 25.5. The number of benzene rings is 2. The number of thioether (sulfide) groups is 1. The predicted molar refractivity (Wildman–Crippen MR) is 199 cm³/mol. The third-order valence-electron chi connectivity index (χ3n) is 10.6. The second-order valence-electron chi connectivity index (χ2n) is 13.4. The van der Waals surface area contributed by atoms with Crippen molar-refractivity contribution in [3.63, 3.8) is 0 Å². The van der Waals surface area contributed by atoms with Gasteiger partial charge in [-0.2, -0.15) is 15.8 Å². The summed E-state index contributed by atoms with van der Waals surface area (Å²) < 4.78 is 57.4. The zero-order valence-electron chi connectivity index (χ0n) is 27.9. The number of allylic oxidation sites excluding steroid dienone is 7. The van der Waals surface area contributed by atoms with Gasteiger partial charge in [0.1, 0.15) is 31.9 Å². The van der Waals surface area contributed by atoms with Crippen molar-refractivity contribution < 1.29 is 27.2 Å². The molecule has 1 spiro atoms. The summed E-state index contributed by atoms with van der Waals surface area (Å²) in [6.45, 7) is 0. The van der Waals surface area contributed by atoms with Gasteiger partial charge >= 0.3 is 0 Å². The molecule has 260 valence electrons. The molecular formula is C40H24F4N4O2S2Si. The Morgan fingerprint density at radius 1 is 0.811 bits per heavy atom. The molecule has 53 heavy (non-hydrogen) atoms. The van der Waals surface area contributed by atoms with Crippen molar-refractivity contribution in [1.29, 1.82) is 15.8 Å². The van der Waals surface area contributed by atoms with Gasteiger partial charge in [0.05, 0.1) is 5.57 Å². The molecule has 5 aliphatic rings. The number of rotatable bonds is 3. The van der Waals surface area contributed by atoms with E-state index in [4.69, 9.17) is 0 Å². The van der Waals surface area contributed by atoms with Crippen LogP contribution in [0.1, 0.15) is 67.3 Å². The Morgan fingerprint density at radius 2 is 1.40 bits per heavy atom. The highest BCUT2D eigenvalue weighted by atomic mass is 32.2. The summed E-state index contributed by atoms with van der Waals surface area (Å²) in [5.41, 5.74) is 0.128. The summed E-state index contributed by atoms with van der Waals surface area (Å²) >= 11 is 3.08. The van der Waals surface area contributed by atoms with Crippen LogP contribution in [0.15, 0.2) is 68.9 Å². The van der Waals surface area contributed by atoms with Crippen LogP contribution in [0.5, 0.6) is 0 Å². The van der Waals surface area contributed by atoms with Crippen LogP contribution in [0.4, 0.5) is 17.6 Å². The van der Waals surface area contributed by atoms with Crippen LogP contribution >= 0.6 is 23.1 Å². The predicted octanol–water partition coefficient (Wildman–Crippen LogP) is 8.79. The number of carbonyl (C=O) groups is 2. The van der Waals surface area contributed by atoms with Crippen LogP contribution in [-0.4, -0.2) is 38.2 Å². The van der Waals surface area contributed by atoms with E-state index in [0.717, 1.165) is 65.4 Å². The maximum absolute atomic E-state index is 14.5. The van der Waals surface area contributed by atoms with Gasteiger partial charge in [0.15, 0.2) is 34.8 Å². The summed E-state index contributed by atoms with van der Waals surface area (Å²) in [7, 11) is -0.785. The number of nitriles is 3. The zero-order valence-corrected chi connectivity index (χ0v) is 30.5. The molecule has 0 bridgehead atoms. The number of thiophene rings is 1. The van der Waals surface area contributed by atoms with Gasteiger partial charge in [-0.15, -0.1) is 23.1 Å². The van der Waals surface area contributed by atoms with E-state index in [1.807, 2.05) is 6.08 Å². The van der Waals surface area contributed by atoms with Crippen molar-refractivity contribution in [3.05, 3.63) is 119 Å². The first-order valence-corrected chi connectivity index (χ1v) is 20.8. The lowest BCUT2D eigenvalue weighted by Crippen LogP contribution is -2.49. The van der Waals surface area contributed by atoms with Gasteiger partial charge in [-0.3, -0.25) is 14.6 Å². The maximum Gasteiger partial charge on any atom is 0.194 e.